The fourth-order valence-electron chi connectivity index (χ4n) is 4.29. The maximum Gasteiger partial charge on any atom is 0.338 e. The number of hydrogen-bond donors (Lipinski definition) is 3. The summed E-state index contributed by atoms with van der Waals surface area (Å²) in [5.41, 5.74) is 1.78. The second-order valence-electron chi connectivity index (χ2n) is 8.50. The number of ether oxygens (including phenoxy) is 5. The molecule has 0 radical (unpaired) electrons. The third kappa shape index (κ3) is 5.62. The second-order valence-corrected chi connectivity index (χ2v) is 9.82. The summed E-state index contributed by atoms with van der Waals surface area (Å²) in [4.78, 5) is 17.6. The molecule has 4 rings (SSSR count). The van der Waals surface area contributed by atoms with Crippen LogP contribution in [0, 0.1) is 0 Å². The summed E-state index contributed by atoms with van der Waals surface area (Å²) in [6, 6.07) is 8.53. The Balaban J connectivity index is 1.54. The molecule has 5 atom stereocenters. The Morgan fingerprint density at radius 1 is 1.21 bits per heavy atom. The molecule has 0 saturated carbocycles. The molecule has 3 N–H and O–H groups in total. The first kappa shape index (κ1) is 28.6. The Morgan fingerprint density at radius 3 is 2.63 bits per heavy atom. The second kappa shape index (κ2) is 12.2. The first-order chi connectivity index (χ1) is 18.2. The van der Waals surface area contributed by atoms with Crippen LogP contribution >= 0.6 is 27.5 Å². The summed E-state index contributed by atoms with van der Waals surface area (Å²) in [6.07, 6.45) is -6.74. The molecule has 13 heteroatoms. The number of esters is 1. The number of rotatable bonds is 9. The van der Waals surface area contributed by atoms with Gasteiger partial charge in [-0.2, -0.15) is 0 Å². The third-order valence-corrected chi connectivity index (χ3v) is 6.99. The van der Waals surface area contributed by atoms with Gasteiger partial charge >= 0.3 is 5.97 Å². The molecule has 1 aliphatic rings. The number of aromatic nitrogens is 2. The van der Waals surface area contributed by atoms with Crippen molar-refractivity contribution in [3.05, 3.63) is 51.2 Å². The molecule has 3 aromatic rings. The predicted octanol–water partition coefficient (Wildman–Crippen LogP) is 2.67. The van der Waals surface area contributed by atoms with Gasteiger partial charge in [0.15, 0.2) is 23.9 Å². The lowest BCUT2D eigenvalue weighted by Gasteiger charge is -2.40. The van der Waals surface area contributed by atoms with Crippen LogP contribution in [0.5, 0.6) is 11.5 Å². The third-order valence-electron chi connectivity index (χ3n) is 6.22. The molecule has 0 spiro atoms. The van der Waals surface area contributed by atoms with E-state index in [2.05, 4.69) is 20.9 Å². The molecular weight excluding hydrogens is 588 g/mol. The van der Waals surface area contributed by atoms with Crippen molar-refractivity contribution in [2.24, 2.45) is 0 Å². The first-order valence-electron chi connectivity index (χ1n) is 11.7. The van der Waals surface area contributed by atoms with Crippen LogP contribution in [-0.2, 0) is 27.4 Å². The molecule has 1 fully saturated rings. The number of halogens is 2. The summed E-state index contributed by atoms with van der Waals surface area (Å²) >= 11 is 9.96. The highest BCUT2D eigenvalue weighted by molar-refractivity contribution is 9.10. The highest BCUT2D eigenvalue weighted by Crippen LogP contribution is 2.38. The number of nitrogens with zero attached hydrogens (tertiary/aromatic N) is 2. The van der Waals surface area contributed by atoms with Gasteiger partial charge in [0.25, 0.3) is 0 Å². The molecule has 1 saturated heterocycles. The van der Waals surface area contributed by atoms with E-state index in [0.29, 0.717) is 12.4 Å². The summed E-state index contributed by atoms with van der Waals surface area (Å²) in [5.74, 6) is 0.187. The van der Waals surface area contributed by atoms with Crippen molar-refractivity contribution in [3.8, 4) is 11.5 Å². The van der Waals surface area contributed by atoms with Gasteiger partial charge in [-0.25, -0.2) is 9.78 Å². The van der Waals surface area contributed by atoms with Crippen LogP contribution in [0.4, 0.5) is 0 Å². The number of imidazole rings is 1. The van der Waals surface area contributed by atoms with Crippen molar-refractivity contribution in [2.45, 2.75) is 50.8 Å². The monoisotopic (exact) mass is 614 g/mol. The van der Waals surface area contributed by atoms with Crippen LogP contribution in [0.3, 0.4) is 0 Å². The van der Waals surface area contributed by atoms with Crippen molar-refractivity contribution in [3.63, 3.8) is 0 Å². The van der Waals surface area contributed by atoms with E-state index in [9.17, 15) is 20.1 Å². The van der Waals surface area contributed by atoms with E-state index in [0.717, 1.165) is 15.5 Å². The van der Waals surface area contributed by atoms with Crippen molar-refractivity contribution in [2.75, 3.05) is 20.8 Å². The highest BCUT2D eigenvalue weighted by atomic mass is 79.9. The summed E-state index contributed by atoms with van der Waals surface area (Å²) in [7, 11) is 2.68. The maximum absolute atomic E-state index is 13.0. The average molecular weight is 616 g/mol. The number of fused-ring (bicyclic) bond motifs is 1. The number of hydrogen-bond acceptors (Lipinski definition) is 10. The van der Waals surface area contributed by atoms with Gasteiger partial charge in [-0.15, -0.1) is 0 Å². The molecule has 2 heterocycles. The molecule has 38 heavy (non-hydrogen) atoms. The number of aryl methyl sites for hydroxylation is 1. The molecule has 11 nitrogen and oxygen atoms in total. The van der Waals surface area contributed by atoms with Gasteiger partial charge in [0.1, 0.15) is 30.7 Å². The molecule has 0 unspecified atom stereocenters. The van der Waals surface area contributed by atoms with Gasteiger partial charge in [-0.3, -0.25) is 0 Å². The zero-order valence-electron chi connectivity index (χ0n) is 20.8. The van der Waals surface area contributed by atoms with Crippen LogP contribution in [0.25, 0.3) is 11.0 Å². The van der Waals surface area contributed by atoms with E-state index in [-0.39, 0.29) is 28.7 Å². The number of methoxy groups -OCH3 is 2. The van der Waals surface area contributed by atoms with Crippen molar-refractivity contribution in [1.82, 2.24) is 9.55 Å². The fraction of sp³-hybridized carbons (Fsp3) is 0.440. The molecule has 1 aliphatic heterocycles. The van der Waals surface area contributed by atoms with Crippen molar-refractivity contribution in [1.29, 1.82) is 0 Å². The first-order valence-corrected chi connectivity index (χ1v) is 12.9. The number of carbonyl (C=O) groups excluding carboxylic acids is 1. The Morgan fingerprint density at radius 2 is 1.97 bits per heavy atom. The summed E-state index contributed by atoms with van der Waals surface area (Å²) < 4.78 is 30.3. The van der Waals surface area contributed by atoms with Gasteiger partial charge in [-0.05, 0) is 37.3 Å². The minimum absolute atomic E-state index is 0.00525. The lowest BCUT2D eigenvalue weighted by molar-refractivity contribution is -0.293. The van der Waals surface area contributed by atoms with Gasteiger partial charge in [-0.1, -0.05) is 27.5 Å². The Labute approximate surface area is 231 Å². The summed E-state index contributed by atoms with van der Waals surface area (Å²) in [5, 5.41) is 30.0. The predicted molar refractivity (Wildman–Crippen MR) is 139 cm³/mol. The smallest absolute Gasteiger partial charge is 0.338 e. The van der Waals surface area contributed by atoms with Crippen LogP contribution in [0.1, 0.15) is 23.1 Å². The molecule has 0 amide bonds. The van der Waals surface area contributed by atoms with E-state index >= 15 is 0 Å². The van der Waals surface area contributed by atoms with Gasteiger partial charge in [0.2, 0.25) is 0 Å². The Bertz CT molecular complexity index is 1300. The molecule has 206 valence electrons. The van der Waals surface area contributed by atoms with E-state index < -0.39 is 43.3 Å². The largest absolute Gasteiger partial charge is 0.493 e. The Kier molecular flexibility index (Phi) is 9.14. The van der Waals surface area contributed by atoms with Crippen LogP contribution in [-0.4, -0.2) is 82.4 Å². The number of aliphatic hydroxyl groups is 3. The number of aliphatic hydroxyl groups excluding tert-OH is 3. The van der Waals surface area contributed by atoms with Crippen LogP contribution < -0.4 is 9.47 Å². The topological polar surface area (TPSA) is 142 Å². The van der Waals surface area contributed by atoms with E-state index in [1.165, 1.54) is 26.4 Å². The zero-order valence-corrected chi connectivity index (χ0v) is 23.2. The number of benzene rings is 2. The zero-order chi connectivity index (χ0) is 27.6. The molecule has 0 bridgehead atoms. The van der Waals surface area contributed by atoms with E-state index in [4.69, 9.17) is 35.3 Å². The lowest BCUT2D eigenvalue weighted by Crippen LogP contribution is -2.60. The van der Waals surface area contributed by atoms with Gasteiger partial charge in [0.05, 0.1) is 35.3 Å². The lowest BCUT2D eigenvalue weighted by atomic mass is 9.99. The molecule has 0 aliphatic carbocycles. The van der Waals surface area contributed by atoms with E-state index in [1.807, 2.05) is 29.7 Å². The van der Waals surface area contributed by atoms with Crippen molar-refractivity contribution >= 4 is 44.5 Å². The Hall–Kier alpha value is -2.45. The minimum Gasteiger partial charge on any atom is -0.493 e. The minimum atomic E-state index is -1.56. The van der Waals surface area contributed by atoms with E-state index in [1.54, 1.807) is 0 Å². The normalized spacial score (nSPS) is 23.4. The quantitative estimate of drug-likeness (QED) is 0.308. The molecular formula is C25H28BrClN2O9. The summed E-state index contributed by atoms with van der Waals surface area (Å²) in [6.45, 7) is 2.21. The maximum atomic E-state index is 13.0. The fourth-order valence-corrected chi connectivity index (χ4v) is 4.90. The highest BCUT2D eigenvalue weighted by Gasteiger charge is 2.47. The SMILES string of the molecule is CCn1c(COc2c(Cl)cc(C(=O)O[C@H]3[C@@H](OC)O[C@H](CO)[C@@H](O)[C@@H]3O)cc2OC)nc2ccc(Br)cc21. The molecule has 2 aromatic carbocycles. The van der Waals surface area contributed by atoms with Crippen LogP contribution in [0.15, 0.2) is 34.8 Å². The molecule has 1 aromatic heterocycles. The van der Waals surface area contributed by atoms with Crippen molar-refractivity contribution < 1.29 is 43.8 Å². The average Bonchev–Trinajstić information content (AvgIpc) is 3.26. The number of carbonyl (C=O) groups is 1. The van der Waals surface area contributed by atoms with Gasteiger partial charge in [0, 0.05) is 18.1 Å². The standard InChI is InChI=1S/C25H28BrClN2O9/c1-4-29-16-9-13(26)5-6-15(16)28-19(29)11-36-22-14(27)7-12(8-17(22)34-2)24(33)38-23-21(32)20(31)18(10-30)37-25(23)35-3/h5-9,18,20-21,23,25,30-32H,4,10-11H2,1-3H3/t18-,20-,21+,23-,25+/m1/s1. The van der Waals surface area contributed by atoms with Gasteiger partial charge < -0.3 is 43.6 Å². The van der Waals surface area contributed by atoms with Crippen LogP contribution in [0.2, 0.25) is 5.02 Å².